The molecule has 1 rings (SSSR count). The fourth-order valence-electron chi connectivity index (χ4n) is 1.51. The third-order valence-electron chi connectivity index (χ3n) is 2.53. The maximum atomic E-state index is 9.69. The molecule has 0 aliphatic carbocycles. The van der Waals surface area contributed by atoms with Gasteiger partial charge in [0.15, 0.2) is 0 Å². The van der Waals surface area contributed by atoms with Crippen molar-refractivity contribution in [3.8, 4) is 0 Å². The molecule has 1 saturated heterocycles. The van der Waals surface area contributed by atoms with Gasteiger partial charge >= 0.3 is 0 Å². The predicted octanol–water partition coefficient (Wildman–Crippen LogP) is 1.88. The molecule has 2 nitrogen and oxygen atoms in total. The zero-order valence-corrected chi connectivity index (χ0v) is 8.13. The Hall–Kier alpha value is -0.340. The van der Waals surface area contributed by atoms with Crippen LogP contribution in [0.15, 0.2) is 12.7 Å². The highest BCUT2D eigenvalue weighted by Crippen LogP contribution is 2.35. The third-order valence-corrected chi connectivity index (χ3v) is 2.53. The molecule has 2 atom stereocenters. The van der Waals surface area contributed by atoms with E-state index in [2.05, 4.69) is 6.58 Å². The second-order valence-electron chi connectivity index (χ2n) is 4.32. The molecule has 0 aromatic rings. The van der Waals surface area contributed by atoms with E-state index >= 15 is 0 Å². The molecule has 0 bridgehead atoms. The molecule has 12 heavy (non-hydrogen) atoms. The fourth-order valence-corrected chi connectivity index (χ4v) is 1.51. The van der Waals surface area contributed by atoms with E-state index in [4.69, 9.17) is 4.74 Å². The van der Waals surface area contributed by atoms with Crippen LogP contribution in [0.5, 0.6) is 0 Å². The summed E-state index contributed by atoms with van der Waals surface area (Å²) in [4.78, 5) is 0. The van der Waals surface area contributed by atoms with Crippen LogP contribution in [0.2, 0.25) is 0 Å². The van der Waals surface area contributed by atoms with Gasteiger partial charge < -0.3 is 9.84 Å². The average molecular weight is 170 g/mol. The molecule has 0 radical (unpaired) electrons. The lowest BCUT2D eigenvalue weighted by atomic mass is 9.97. The molecule has 2 heteroatoms. The number of rotatable bonds is 2. The maximum Gasteiger partial charge on any atom is 0.0869 e. The molecule has 0 aromatic heterocycles. The summed E-state index contributed by atoms with van der Waals surface area (Å²) in [5.74, 6) is 0. The minimum Gasteiger partial charge on any atom is -0.388 e. The SMILES string of the molecule is C=C[C@]1(C)CC[C@@H](C(C)(C)O)O1. The van der Waals surface area contributed by atoms with Crippen LogP contribution in [0.25, 0.3) is 0 Å². The minimum absolute atomic E-state index is 0.0551. The van der Waals surface area contributed by atoms with Crippen molar-refractivity contribution in [3.63, 3.8) is 0 Å². The molecule has 1 N–H and O–H groups in total. The van der Waals surface area contributed by atoms with Crippen molar-refractivity contribution < 1.29 is 9.84 Å². The molecule has 1 aliphatic rings. The molecule has 0 unspecified atom stereocenters. The first-order chi connectivity index (χ1) is 5.37. The molecule has 1 fully saturated rings. The van der Waals surface area contributed by atoms with Crippen molar-refractivity contribution in [2.24, 2.45) is 0 Å². The van der Waals surface area contributed by atoms with Gasteiger partial charge in [-0.15, -0.1) is 6.58 Å². The van der Waals surface area contributed by atoms with Gasteiger partial charge in [-0.2, -0.15) is 0 Å². The summed E-state index contributed by atoms with van der Waals surface area (Å²) < 4.78 is 5.69. The van der Waals surface area contributed by atoms with Crippen LogP contribution in [-0.4, -0.2) is 22.4 Å². The topological polar surface area (TPSA) is 29.5 Å². The summed E-state index contributed by atoms with van der Waals surface area (Å²) in [5.41, 5.74) is -0.967. The summed E-state index contributed by atoms with van der Waals surface area (Å²) in [6.45, 7) is 9.30. The molecule has 0 aromatic carbocycles. The van der Waals surface area contributed by atoms with Crippen molar-refractivity contribution in [3.05, 3.63) is 12.7 Å². The van der Waals surface area contributed by atoms with Crippen molar-refractivity contribution in [1.29, 1.82) is 0 Å². The lowest BCUT2D eigenvalue weighted by molar-refractivity contribution is -0.0997. The summed E-state index contributed by atoms with van der Waals surface area (Å²) >= 11 is 0. The first-order valence-electron chi connectivity index (χ1n) is 4.41. The van der Waals surface area contributed by atoms with Crippen molar-refractivity contribution in [2.75, 3.05) is 0 Å². The smallest absolute Gasteiger partial charge is 0.0869 e. The van der Waals surface area contributed by atoms with E-state index in [1.807, 2.05) is 13.0 Å². The van der Waals surface area contributed by atoms with E-state index in [9.17, 15) is 5.11 Å². The highest BCUT2D eigenvalue weighted by Gasteiger charge is 2.40. The lowest BCUT2D eigenvalue weighted by Gasteiger charge is -2.28. The van der Waals surface area contributed by atoms with Gasteiger partial charge in [-0.05, 0) is 33.6 Å². The van der Waals surface area contributed by atoms with Crippen LogP contribution in [-0.2, 0) is 4.74 Å². The average Bonchev–Trinajstić information content (AvgIpc) is 2.32. The van der Waals surface area contributed by atoms with Gasteiger partial charge in [0.2, 0.25) is 0 Å². The largest absolute Gasteiger partial charge is 0.388 e. The van der Waals surface area contributed by atoms with Crippen molar-refractivity contribution in [2.45, 2.75) is 50.9 Å². The molecular formula is C10H18O2. The number of hydrogen-bond donors (Lipinski definition) is 1. The Morgan fingerprint density at radius 2 is 2.25 bits per heavy atom. The molecule has 0 saturated carbocycles. The quantitative estimate of drug-likeness (QED) is 0.641. The second kappa shape index (κ2) is 2.86. The van der Waals surface area contributed by atoms with E-state index in [-0.39, 0.29) is 11.7 Å². The van der Waals surface area contributed by atoms with Crippen LogP contribution in [0.3, 0.4) is 0 Å². The molecule has 70 valence electrons. The fraction of sp³-hybridized carbons (Fsp3) is 0.800. The van der Waals surface area contributed by atoms with Crippen LogP contribution in [0.1, 0.15) is 33.6 Å². The first-order valence-corrected chi connectivity index (χ1v) is 4.41. The van der Waals surface area contributed by atoms with E-state index in [0.717, 1.165) is 12.8 Å². The van der Waals surface area contributed by atoms with Crippen LogP contribution in [0, 0.1) is 0 Å². The van der Waals surface area contributed by atoms with Crippen molar-refractivity contribution in [1.82, 2.24) is 0 Å². The Balaban J connectivity index is 2.63. The number of hydrogen-bond acceptors (Lipinski definition) is 2. The highest BCUT2D eigenvalue weighted by molar-refractivity contribution is 5.01. The normalized spacial score (nSPS) is 36.8. The zero-order chi connectivity index (χ0) is 9.41. The Morgan fingerprint density at radius 3 is 2.50 bits per heavy atom. The summed E-state index contributed by atoms with van der Waals surface area (Å²) in [6.07, 6.45) is 3.62. The first kappa shape index (κ1) is 9.75. The maximum absolute atomic E-state index is 9.69. The van der Waals surface area contributed by atoms with Crippen LogP contribution < -0.4 is 0 Å². The minimum atomic E-state index is -0.735. The van der Waals surface area contributed by atoms with Gasteiger partial charge in [-0.3, -0.25) is 0 Å². The van der Waals surface area contributed by atoms with E-state index in [1.54, 1.807) is 13.8 Å². The Bertz CT molecular complexity index is 181. The van der Waals surface area contributed by atoms with Crippen LogP contribution in [0.4, 0.5) is 0 Å². The van der Waals surface area contributed by atoms with Crippen LogP contribution >= 0.6 is 0 Å². The summed E-state index contributed by atoms with van der Waals surface area (Å²) in [5, 5.41) is 9.69. The van der Waals surface area contributed by atoms with E-state index in [0.29, 0.717) is 0 Å². The number of ether oxygens (including phenoxy) is 1. The molecule has 1 aliphatic heterocycles. The summed E-state index contributed by atoms with van der Waals surface area (Å²) in [7, 11) is 0. The van der Waals surface area contributed by atoms with E-state index < -0.39 is 5.60 Å². The van der Waals surface area contributed by atoms with Gasteiger partial charge in [0.05, 0.1) is 17.3 Å². The Labute approximate surface area is 74.2 Å². The molecule has 0 amide bonds. The van der Waals surface area contributed by atoms with Crippen molar-refractivity contribution >= 4 is 0 Å². The Kier molecular flexibility index (Phi) is 2.32. The Morgan fingerprint density at radius 1 is 1.67 bits per heavy atom. The third kappa shape index (κ3) is 1.87. The van der Waals surface area contributed by atoms with Gasteiger partial charge in [0, 0.05) is 0 Å². The molecule has 0 spiro atoms. The molecule has 1 heterocycles. The monoisotopic (exact) mass is 170 g/mol. The number of aliphatic hydroxyl groups is 1. The lowest BCUT2D eigenvalue weighted by Crippen LogP contribution is -2.37. The van der Waals surface area contributed by atoms with Gasteiger partial charge in [-0.25, -0.2) is 0 Å². The van der Waals surface area contributed by atoms with Gasteiger partial charge in [0.1, 0.15) is 0 Å². The molecular weight excluding hydrogens is 152 g/mol. The predicted molar refractivity (Wildman–Crippen MR) is 49.0 cm³/mol. The van der Waals surface area contributed by atoms with E-state index in [1.165, 1.54) is 0 Å². The standard InChI is InChI=1S/C10H18O2/c1-5-10(4)7-6-8(12-10)9(2,3)11/h5,8,11H,1,6-7H2,2-4H3/t8-,10+/m0/s1. The zero-order valence-electron chi connectivity index (χ0n) is 8.13. The summed E-state index contributed by atoms with van der Waals surface area (Å²) in [6, 6.07) is 0. The van der Waals surface area contributed by atoms with Gasteiger partial charge in [0.25, 0.3) is 0 Å². The van der Waals surface area contributed by atoms with Gasteiger partial charge in [-0.1, -0.05) is 6.08 Å². The highest BCUT2D eigenvalue weighted by atomic mass is 16.5. The second-order valence-corrected chi connectivity index (χ2v) is 4.32.